The van der Waals surface area contributed by atoms with E-state index in [1.54, 1.807) is 6.21 Å². The van der Waals surface area contributed by atoms with Crippen LogP contribution in [0.4, 0.5) is 0 Å². The van der Waals surface area contributed by atoms with E-state index < -0.39 is 0 Å². The van der Waals surface area contributed by atoms with Gasteiger partial charge in [-0.2, -0.15) is 5.10 Å². The van der Waals surface area contributed by atoms with Crippen molar-refractivity contribution in [2.24, 2.45) is 10.1 Å². The van der Waals surface area contributed by atoms with Gasteiger partial charge in [0.2, 0.25) is 5.96 Å². The summed E-state index contributed by atoms with van der Waals surface area (Å²) in [7, 11) is 0. The lowest BCUT2D eigenvalue weighted by Gasteiger charge is -2.02. The largest absolute Gasteiger partial charge is 0.353 e. The summed E-state index contributed by atoms with van der Waals surface area (Å²) in [5.41, 5.74) is 3.85. The smallest absolute Gasteiger partial charge is 0.212 e. The third-order valence-corrected chi connectivity index (χ3v) is 3.42. The fraction of sp³-hybridized carbons (Fsp3) is 0.200. The number of nitrogens with zero attached hydrogens (tertiary/aromatic N) is 2. The quantitative estimate of drug-likeness (QED) is 0.637. The summed E-state index contributed by atoms with van der Waals surface area (Å²) >= 11 is 6.93. The van der Waals surface area contributed by atoms with Gasteiger partial charge in [0.1, 0.15) is 0 Å². The standard InChI is InChI=1S/C10H10Br2N4/c11-8-2-1-3-9(12)7(8)6-15-16-10-13-4-5-14-10/h1-3,6H,4-5H2,(H2,13,14,16)/b15-6+. The van der Waals surface area contributed by atoms with E-state index in [-0.39, 0.29) is 0 Å². The first kappa shape index (κ1) is 11.6. The molecule has 0 spiro atoms. The molecular weight excluding hydrogens is 336 g/mol. The Labute approximate surface area is 110 Å². The van der Waals surface area contributed by atoms with Gasteiger partial charge < -0.3 is 5.32 Å². The first-order valence-electron chi connectivity index (χ1n) is 4.79. The first-order chi connectivity index (χ1) is 7.77. The van der Waals surface area contributed by atoms with E-state index in [9.17, 15) is 0 Å². The van der Waals surface area contributed by atoms with Crippen molar-refractivity contribution in [2.45, 2.75) is 0 Å². The number of hydrogen-bond acceptors (Lipinski definition) is 4. The SMILES string of the molecule is Brc1cccc(Br)c1/C=N/NC1=NCCN1. The molecule has 0 fully saturated rings. The molecule has 84 valence electrons. The van der Waals surface area contributed by atoms with Gasteiger partial charge in [0, 0.05) is 21.1 Å². The fourth-order valence-electron chi connectivity index (χ4n) is 1.26. The zero-order chi connectivity index (χ0) is 11.4. The zero-order valence-corrected chi connectivity index (χ0v) is 11.5. The lowest BCUT2D eigenvalue weighted by Crippen LogP contribution is -2.30. The Hall–Kier alpha value is -0.880. The maximum atomic E-state index is 4.17. The van der Waals surface area contributed by atoms with Crippen molar-refractivity contribution < 1.29 is 0 Å². The fourth-order valence-corrected chi connectivity index (χ4v) is 2.47. The Morgan fingerprint density at radius 3 is 2.75 bits per heavy atom. The van der Waals surface area contributed by atoms with Gasteiger partial charge in [0.15, 0.2) is 0 Å². The molecule has 4 nitrogen and oxygen atoms in total. The monoisotopic (exact) mass is 344 g/mol. The molecule has 0 saturated carbocycles. The molecule has 16 heavy (non-hydrogen) atoms. The van der Waals surface area contributed by atoms with Gasteiger partial charge in [0.05, 0.1) is 12.8 Å². The summed E-state index contributed by atoms with van der Waals surface area (Å²) in [6.45, 7) is 1.67. The third kappa shape index (κ3) is 2.82. The minimum atomic E-state index is 0.722. The van der Waals surface area contributed by atoms with Crippen molar-refractivity contribution in [1.29, 1.82) is 0 Å². The predicted molar refractivity (Wildman–Crippen MR) is 72.9 cm³/mol. The van der Waals surface area contributed by atoms with Crippen LogP contribution in [0.5, 0.6) is 0 Å². The lowest BCUT2D eigenvalue weighted by atomic mass is 10.2. The van der Waals surface area contributed by atoms with Gasteiger partial charge in [-0.25, -0.2) is 10.4 Å². The van der Waals surface area contributed by atoms with Crippen LogP contribution in [0.2, 0.25) is 0 Å². The van der Waals surface area contributed by atoms with Crippen LogP contribution in [0.1, 0.15) is 5.56 Å². The summed E-state index contributed by atoms with van der Waals surface area (Å²) in [6.07, 6.45) is 1.75. The number of guanidine groups is 1. The van der Waals surface area contributed by atoms with E-state index in [2.05, 4.69) is 52.7 Å². The molecule has 0 bridgehead atoms. The zero-order valence-electron chi connectivity index (χ0n) is 8.37. The van der Waals surface area contributed by atoms with Crippen LogP contribution >= 0.6 is 31.9 Å². The Morgan fingerprint density at radius 1 is 1.38 bits per heavy atom. The number of hydrazone groups is 1. The number of hydrogen-bond donors (Lipinski definition) is 2. The molecule has 1 aliphatic rings. The molecule has 0 aromatic heterocycles. The molecule has 1 heterocycles. The van der Waals surface area contributed by atoms with Gasteiger partial charge in [0.25, 0.3) is 0 Å². The highest BCUT2D eigenvalue weighted by atomic mass is 79.9. The van der Waals surface area contributed by atoms with Crippen molar-refractivity contribution >= 4 is 44.0 Å². The van der Waals surface area contributed by atoms with Crippen LogP contribution in [0.3, 0.4) is 0 Å². The van der Waals surface area contributed by atoms with Gasteiger partial charge in [-0.05, 0) is 12.1 Å². The number of nitrogens with one attached hydrogen (secondary N) is 2. The van der Waals surface area contributed by atoms with E-state index in [1.807, 2.05) is 18.2 Å². The third-order valence-electron chi connectivity index (χ3n) is 2.04. The molecule has 0 unspecified atom stereocenters. The van der Waals surface area contributed by atoms with E-state index in [4.69, 9.17) is 0 Å². The first-order valence-corrected chi connectivity index (χ1v) is 6.37. The summed E-state index contributed by atoms with van der Waals surface area (Å²) in [4.78, 5) is 4.17. The molecule has 0 amide bonds. The Kier molecular flexibility index (Phi) is 3.95. The Balaban J connectivity index is 2.05. The molecule has 1 aromatic rings. The molecular formula is C10H10Br2N4. The van der Waals surface area contributed by atoms with E-state index in [0.717, 1.165) is 33.6 Å². The van der Waals surface area contributed by atoms with Crippen LogP contribution < -0.4 is 10.7 Å². The van der Waals surface area contributed by atoms with Crippen LogP contribution in [0, 0.1) is 0 Å². The van der Waals surface area contributed by atoms with Crippen LogP contribution in [-0.4, -0.2) is 25.3 Å². The molecule has 0 saturated heterocycles. The van der Waals surface area contributed by atoms with Crippen molar-refractivity contribution in [3.63, 3.8) is 0 Å². The lowest BCUT2D eigenvalue weighted by molar-refractivity contribution is 0.919. The Morgan fingerprint density at radius 2 is 2.12 bits per heavy atom. The van der Waals surface area contributed by atoms with Crippen LogP contribution in [0.25, 0.3) is 0 Å². The van der Waals surface area contributed by atoms with Crippen molar-refractivity contribution in [2.75, 3.05) is 13.1 Å². The van der Waals surface area contributed by atoms with Crippen molar-refractivity contribution in [3.05, 3.63) is 32.7 Å². The normalized spacial score (nSPS) is 15.0. The average Bonchev–Trinajstić information content (AvgIpc) is 2.75. The summed E-state index contributed by atoms with van der Waals surface area (Å²) in [5, 5.41) is 7.19. The molecule has 1 aliphatic heterocycles. The highest BCUT2D eigenvalue weighted by Crippen LogP contribution is 2.22. The van der Waals surface area contributed by atoms with Crippen LogP contribution in [0.15, 0.2) is 37.2 Å². The Bertz CT molecular complexity index is 422. The van der Waals surface area contributed by atoms with Gasteiger partial charge in [-0.15, -0.1) is 0 Å². The molecule has 0 radical (unpaired) electrons. The minimum Gasteiger partial charge on any atom is -0.353 e. The number of rotatable bonds is 2. The topological polar surface area (TPSA) is 48.8 Å². The van der Waals surface area contributed by atoms with Gasteiger partial charge >= 0.3 is 0 Å². The molecule has 2 rings (SSSR count). The van der Waals surface area contributed by atoms with Gasteiger partial charge in [-0.3, -0.25) is 0 Å². The highest BCUT2D eigenvalue weighted by molar-refractivity contribution is 9.11. The van der Waals surface area contributed by atoms with Crippen molar-refractivity contribution in [3.8, 4) is 0 Å². The minimum absolute atomic E-state index is 0.722. The number of halogens is 2. The number of benzene rings is 1. The molecule has 0 aliphatic carbocycles. The molecule has 1 aromatic carbocycles. The van der Waals surface area contributed by atoms with E-state index in [0.29, 0.717) is 0 Å². The highest BCUT2D eigenvalue weighted by Gasteiger charge is 2.03. The summed E-state index contributed by atoms with van der Waals surface area (Å²) in [5.74, 6) is 0.722. The number of aliphatic imine (C=N–C) groups is 1. The second-order valence-electron chi connectivity index (χ2n) is 3.16. The maximum Gasteiger partial charge on any atom is 0.212 e. The predicted octanol–water partition coefficient (Wildman–Crippen LogP) is 2.09. The van der Waals surface area contributed by atoms with Crippen molar-refractivity contribution in [1.82, 2.24) is 10.7 Å². The van der Waals surface area contributed by atoms with Gasteiger partial charge in [-0.1, -0.05) is 37.9 Å². The molecule has 2 N–H and O–H groups in total. The summed E-state index contributed by atoms with van der Waals surface area (Å²) in [6, 6.07) is 5.90. The maximum absolute atomic E-state index is 4.17. The second kappa shape index (κ2) is 5.45. The molecule has 0 atom stereocenters. The summed E-state index contributed by atoms with van der Waals surface area (Å²) < 4.78 is 1.99. The van der Waals surface area contributed by atoms with Crippen LogP contribution in [-0.2, 0) is 0 Å². The molecule has 6 heteroatoms. The van der Waals surface area contributed by atoms with E-state index in [1.165, 1.54) is 0 Å². The van der Waals surface area contributed by atoms with E-state index >= 15 is 0 Å². The second-order valence-corrected chi connectivity index (χ2v) is 4.87. The average molecular weight is 346 g/mol.